The molecule has 23 heavy (non-hydrogen) atoms. The van der Waals surface area contributed by atoms with Crippen molar-refractivity contribution in [1.82, 2.24) is 5.16 Å². The van der Waals surface area contributed by atoms with Gasteiger partial charge in [-0.15, -0.1) is 0 Å². The van der Waals surface area contributed by atoms with Crippen LogP contribution >= 0.6 is 0 Å². The van der Waals surface area contributed by atoms with Crippen molar-refractivity contribution in [3.05, 3.63) is 35.2 Å². The summed E-state index contributed by atoms with van der Waals surface area (Å²) < 4.78 is 44.2. The van der Waals surface area contributed by atoms with E-state index in [0.717, 1.165) is 6.07 Å². The number of aryl methyl sites for hydroxylation is 2. The van der Waals surface area contributed by atoms with E-state index in [4.69, 9.17) is 4.52 Å². The summed E-state index contributed by atoms with van der Waals surface area (Å²) in [6.07, 6.45) is -4.60. The maximum atomic E-state index is 13.1. The fourth-order valence-electron chi connectivity index (χ4n) is 1.97. The minimum atomic E-state index is -4.60. The van der Waals surface area contributed by atoms with Crippen molar-refractivity contribution in [3.63, 3.8) is 0 Å². The van der Waals surface area contributed by atoms with Gasteiger partial charge in [-0.1, -0.05) is 5.16 Å². The zero-order valence-corrected chi connectivity index (χ0v) is 12.6. The minimum absolute atomic E-state index is 0.286. The fourth-order valence-corrected chi connectivity index (χ4v) is 1.97. The van der Waals surface area contributed by atoms with Crippen LogP contribution in [0.4, 0.5) is 35.0 Å². The highest BCUT2D eigenvalue weighted by Crippen LogP contribution is 2.36. The first kappa shape index (κ1) is 16.7. The number of nitrogens with one attached hydrogen (secondary N) is 3. The third-order valence-electron chi connectivity index (χ3n) is 3.13. The third-order valence-corrected chi connectivity index (χ3v) is 3.13. The van der Waals surface area contributed by atoms with Crippen LogP contribution in [0.2, 0.25) is 0 Å². The number of nitrogens with zero attached hydrogens (tertiary/aromatic N) is 1. The second kappa shape index (κ2) is 6.19. The zero-order chi connectivity index (χ0) is 17.2. The molecule has 0 aliphatic carbocycles. The van der Waals surface area contributed by atoms with Crippen LogP contribution in [0.1, 0.15) is 17.0 Å². The van der Waals surface area contributed by atoms with E-state index in [1.54, 1.807) is 13.8 Å². The molecule has 0 aliphatic heterocycles. The van der Waals surface area contributed by atoms with E-state index in [2.05, 4.69) is 21.1 Å². The first-order chi connectivity index (χ1) is 10.7. The predicted octanol–water partition coefficient (Wildman–Crippen LogP) is 4.00. The Labute approximate surface area is 130 Å². The molecule has 0 atom stereocenters. The van der Waals surface area contributed by atoms with Gasteiger partial charge in [0.1, 0.15) is 11.4 Å². The number of carbonyl (C=O) groups excluding carboxylic acids is 1. The highest BCUT2D eigenvalue weighted by molar-refractivity contribution is 6.01. The average Bonchev–Trinajstić information content (AvgIpc) is 2.78. The number of hydrogen-bond donors (Lipinski definition) is 3. The molecule has 3 N–H and O–H groups in total. The summed E-state index contributed by atoms with van der Waals surface area (Å²) in [7, 11) is 1.51. The predicted molar refractivity (Wildman–Crippen MR) is 79.6 cm³/mol. The van der Waals surface area contributed by atoms with Crippen LogP contribution in [0, 0.1) is 13.8 Å². The van der Waals surface area contributed by atoms with E-state index in [1.807, 2.05) is 0 Å². The molecule has 124 valence electrons. The number of carbonyl (C=O) groups is 1. The van der Waals surface area contributed by atoms with Crippen LogP contribution in [-0.4, -0.2) is 18.2 Å². The van der Waals surface area contributed by atoms with Crippen molar-refractivity contribution in [3.8, 4) is 0 Å². The molecular formula is C14H15F3N4O2. The molecule has 0 saturated carbocycles. The fraction of sp³-hybridized carbons (Fsp3) is 0.286. The van der Waals surface area contributed by atoms with Gasteiger partial charge in [0.25, 0.3) is 0 Å². The van der Waals surface area contributed by atoms with E-state index in [9.17, 15) is 18.0 Å². The lowest BCUT2D eigenvalue weighted by atomic mass is 10.1. The second-order valence-electron chi connectivity index (χ2n) is 4.79. The Kier molecular flexibility index (Phi) is 4.48. The smallest absolute Gasteiger partial charge is 0.388 e. The molecule has 9 heteroatoms. The summed E-state index contributed by atoms with van der Waals surface area (Å²) in [5.41, 5.74) is -0.254. The van der Waals surface area contributed by atoms with Gasteiger partial charge in [-0.05, 0) is 32.0 Å². The lowest BCUT2D eigenvalue weighted by molar-refractivity contribution is -0.136. The zero-order valence-electron chi connectivity index (χ0n) is 12.6. The molecule has 0 radical (unpaired) electrons. The van der Waals surface area contributed by atoms with Crippen molar-refractivity contribution in [2.75, 3.05) is 23.0 Å². The topological polar surface area (TPSA) is 79.2 Å². The summed E-state index contributed by atoms with van der Waals surface area (Å²) in [4.78, 5) is 11.9. The first-order valence-corrected chi connectivity index (χ1v) is 6.62. The Hall–Kier alpha value is -2.71. The van der Waals surface area contributed by atoms with Crippen LogP contribution in [0.5, 0.6) is 0 Å². The minimum Gasteiger partial charge on any atom is -0.388 e. The van der Waals surface area contributed by atoms with Gasteiger partial charge in [-0.25, -0.2) is 4.79 Å². The van der Waals surface area contributed by atoms with Crippen LogP contribution in [0.15, 0.2) is 22.7 Å². The van der Waals surface area contributed by atoms with Gasteiger partial charge < -0.3 is 20.5 Å². The molecule has 1 heterocycles. The van der Waals surface area contributed by atoms with Crippen LogP contribution in [0.3, 0.4) is 0 Å². The summed E-state index contributed by atoms with van der Waals surface area (Å²) in [6.45, 7) is 3.19. The maximum Gasteiger partial charge on any atom is 0.418 e. The Morgan fingerprint density at radius 3 is 2.43 bits per heavy atom. The van der Waals surface area contributed by atoms with Crippen LogP contribution in [0.25, 0.3) is 0 Å². The lowest BCUT2D eigenvalue weighted by Gasteiger charge is -2.15. The van der Waals surface area contributed by atoms with Crippen molar-refractivity contribution in [2.24, 2.45) is 0 Å². The van der Waals surface area contributed by atoms with Gasteiger partial charge >= 0.3 is 12.2 Å². The summed E-state index contributed by atoms with van der Waals surface area (Å²) in [5, 5.41) is 10.9. The number of aromatic nitrogens is 1. The van der Waals surface area contributed by atoms with E-state index in [0.29, 0.717) is 17.1 Å². The summed E-state index contributed by atoms with van der Waals surface area (Å²) >= 11 is 0. The molecule has 0 aliphatic rings. The highest BCUT2D eigenvalue weighted by Gasteiger charge is 2.34. The number of benzene rings is 1. The molecule has 0 bridgehead atoms. The number of urea groups is 1. The molecule has 0 unspecified atom stereocenters. The first-order valence-electron chi connectivity index (χ1n) is 6.62. The molecule has 1 aromatic heterocycles. The Balaban J connectivity index is 2.24. The molecule has 0 fully saturated rings. The van der Waals surface area contributed by atoms with Crippen molar-refractivity contribution < 1.29 is 22.5 Å². The molecule has 0 spiro atoms. The van der Waals surface area contributed by atoms with E-state index < -0.39 is 17.8 Å². The van der Waals surface area contributed by atoms with Crippen molar-refractivity contribution in [2.45, 2.75) is 20.0 Å². The Morgan fingerprint density at radius 1 is 1.22 bits per heavy atom. The molecule has 6 nitrogen and oxygen atoms in total. The summed E-state index contributed by atoms with van der Waals surface area (Å²) in [6, 6.07) is 2.72. The van der Waals surface area contributed by atoms with E-state index >= 15 is 0 Å². The van der Waals surface area contributed by atoms with E-state index in [-0.39, 0.29) is 11.4 Å². The average molecular weight is 328 g/mol. The Morgan fingerprint density at radius 2 is 1.91 bits per heavy atom. The number of amides is 2. The third kappa shape index (κ3) is 3.74. The highest BCUT2D eigenvalue weighted by atomic mass is 19.4. The molecule has 2 aromatic rings. The monoisotopic (exact) mass is 328 g/mol. The quantitative estimate of drug-likeness (QED) is 0.796. The number of anilines is 3. The van der Waals surface area contributed by atoms with E-state index in [1.165, 1.54) is 19.2 Å². The van der Waals surface area contributed by atoms with Crippen molar-refractivity contribution in [1.29, 1.82) is 0 Å². The van der Waals surface area contributed by atoms with Gasteiger partial charge in [0, 0.05) is 12.7 Å². The number of alkyl halides is 3. The van der Waals surface area contributed by atoms with Gasteiger partial charge in [0.2, 0.25) is 0 Å². The SMILES string of the molecule is CNc1ccc(NC(=O)Nc2c(C)noc2C)c(C(F)(F)F)c1. The van der Waals surface area contributed by atoms with Crippen LogP contribution < -0.4 is 16.0 Å². The molecule has 0 saturated heterocycles. The summed E-state index contributed by atoms with van der Waals surface area (Å²) in [5.74, 6) is 0.360. The molecule has 2 amide bonds. The molecule has 2 rings (SSSR count). The van der Waals surface area contributed by atoms with Gasteiger partial charge in [-0.2, -0.15) is 13.2 Å². The molecular weight excluding hydrogens is 313 g/mol. The standard InChI is InChI=1S/C14H15F3N4O2/c1-7-12(8(2)23-21-7)20-13(22)19-11-5-4-9(18-3)6-10(11)14(15,16)17/h4-6,18H,1-3H3,(H2,19,20,22). The largest absolute Gasteiger partial charge is 0.418 e. The molecule has 1 aromatic carbocycles. The van der Waals surface area contributed by atoms with Gasteiger partial charge in [0.05, 0.1) is 11.3 Å². The van der Waals surface area contributed by atoms with Crippen LogP contribution in [-0.2, 0) is 6.18 Å². The van der Waals surface area contributed by atoms with Gasteiger partial charge in [-0.3, -0.25) is 0 Å². The number of hydrogen-bond acceptors (Lipinski definition) is 4. The normalized spacial score (nSPS) is 11.2. The Bertz CT molecular complexity index is 706. The maximum absolute atomic E-state index is 13.1. The van der Waals surface area contributed by atoms with Crippen molar-refractivity contribution >= 4 is 23.1 Å². The number of halogens is 3. The number of rotatable bonds is 3. The lowest BCUT2D eigenvalue weighted by Crippen LogP contribution is -2.22. The van der Waals surface area contributed by atoms with Gasteiger partial charge in [0.15, 0.2) is 5.76 Å². The second-order valence-corrected chi connectivity index (χ2v) is 4.79.